The fourth-order valence-electron chi connectivity index (χ4n) is 2.97. The van der Waals surface area contributed by atoms with Crippen LogP contribution in [-0.2, 0) is 16.8 Å². The Hall–Kier alpha value is -2.72. The maximum Gasteiger partial charge on any atom is 0.127 e. The molecule has 0 radical (unpaired) electrons. The monoisotopic (exact) mass is 382 g/mol. The van der Waals surface area contributed by atoms with E-state index in [2.05, 4.69) is 13.8 Å². The first-order valence-corrected chi connectivity index (χ1v) is 9.35. The highest BCUT2D eigenvalue weighted by molar-refractivity contribution is 5.34. The molecule has 2 nitrogen and oxygen atoms in total. The molecule has 3 aromatic rings. The molecule has 0 N–H and O–H groups in total. The third-order valence-corrected chi connectivity index (χ3v) is 4.96. The summed E-state index contributed by atoms with van der Waals surface area (Å²) >= 11 is 0. The lowest BCUT2D eigenvalue weighted by molar-refractivity contribution is 0.0747. The van der Waals surface area contributed by atoms with E-state index in [-0.39, 0.29) is 17.0 Å². The van der Waals surface area contributed by atoms with E-state index in [4.69, 9.17) is 9.47 Å². The van der Waals surface area contributed by atoms with Crippen LogP contribution in [-0.4, -0.2) is 6.61 Å². The SMILES string of the molecule is CCC(C)(COCc1cccc(Oc2ccc(F)cc2)c1)c1ccc(F)cc1. The van der Waals surface area contributed by atoms with Crippen molar-refractivity contribution in [2.75, 3.05) is 6.61 Å². The van der Waals surface area contributed by atoms with Gasteiger partial charge in [0.2, 0.25) is 0 Å². The molecule has 0 aromatic heterocycles. The summed E-state index contributed by atoms with van der Waals surface area (Å²) in [5.74, 6) is 0.717. The van der Waals surface area contributed by atoms with Crippen molar-refractivity contribution in [1.29, 1.82) is 0 Å². The predicted molar refractivity (Wildman–Crippen MR) is 107 cm³/mol. The van der Waals surface area contributed by atoms with Crippen LogP contribution in [0, 0.1) is 11.6 Å². The standard InChI is InChI=1S/C24H24F2O2/c1-3-24(2,19-7-9-20(25)10-8-19)17-27-16-18-5-4-6-23(15-18)28-22-13-11-21(26)12-14-22/h4-15H,3,16-17H2,1-2H3. The molecule has 3 rings (SSSR count). The van der Waals surface area contributed by atoms with Crippen LogP contribution in [0.2, 0.25) is 0 Å². The zero-order valence-corrected chi connectivity index (χ0v) is 16.1. The molecule has 0 fully saturated rings. The molecule has 0 saturated carbocycles. The third kappa shape index (κ3) is 5.17. The number of benzene rings is 3. The summed E-state index contributed by atoms with van der Waals surface area (Å²) in [5, 5.41) is 0. The normalized spacial score (nSPS) is 13.1. The van der Waals surface area contributed by atoms with Crippen LogP contribution in [0.5, 0.6) is 11.5 Å². The second-order valence-corrected chi connectivity index (χ2v) is 7.12. The number of hydrogen-bond donors (Lipinski definition) is 0. The first-order chi connectivity index (χ1) is 13.5. The molecule has 0 aliphatic heterocycles. The topological polar surface area (TPSA) is 18.5 Å². The van der Waals surface area contributed by atoms with Crippen LogP contribution in [0.1, 0.15) is 31.4 Å². The highest BCUT2D eigenvalue weighted by Gasteiger charge is 2.25. The molecule has 0 heterocycles. The lowest BCUT2D eigenvalue weighted by Crippen LogP contribution is -2.27. The van der Waals surface area contributed by atoms with Gasteiger partial charge in [-0.25, -0.2) is 8.78 Å². The average molecular weight is 382 g/mol. The van der Waals surface area contributed by atoms with Crippen molar-refractivity contribution in [1.82, 2.24) is 0 Å². The van der Waals surface area contributed by atoms with Gasteiger partial charge in [-0.3, -0.25) is 0 Å². The Morgan fingerprint density at radius 2 is 1.46 bits per heavy atom. The van der Waals surface area contributed by atoms with Gasteiger partial charge in [-0.1, -0.05) is 38.1 Å². The summed E-state index contributed by atoms with van der Waals surface area (Å²) in [4.78, 5) is 0. The van der Waals surface area contributed by atoms with Crippen LogP contribution >= 0.6 is 0 Å². The Kier molecular flexibility index (Phi) is 6.42. The van der Waals surface area contributed by atoms with Gasteiger partial charge < -0.3 is 9.47 Å². The number of hydrogen-bond acceptors (Lipinski definition) is 2. The fraction of sp³-hybridized carbons (Fsp3) is 0.250. The second kappa shape index (κ2) is 8.98. The Bertz CT molecular complexity index is 891. The van der Waals surface area contributed by atoms with E-state index < -0.39 is 0 Å². The van der Waals surface area contributed by atoms with Gasteiger partial charge in [0.1, 0.15) is 23.1 Å². The first kappa shape index (κ1) is 20.0. The van der Waals surface area contributed by atoms with Crippen molar-refractivity contribution in [2.45, 2.75) is 32.3 Å². The molecule has 28 heavy (non-hydrogen) atoms. The molecule has 1 atom stereocenters. The van der Waals surface area contributed by atoms with Gasteiger partial charge in [0.25, 0.3) is 0 Å². The quantitative estimate of drug-likeness (QED) is 0.435. The lowest BCUT2D eigenvalue weighted by Gasteiger charge is -2.28. The zero-order valence-electron chi connectivity index (χ0n) is 16.1. The largest absolute Gasteiger partial charge is 0.457 e. The van der Waals surface area contributed by atoms with Crippen LogP contribution < -0.4 is 4.74 Å². The highest BCUT2D eigenvalue weighted by Crippen LogP contribution is 2.29. The van der Waals surface area contributed by atoms with Gasteiger partial charge in [-0.15, -0.1) is 0 Å². The van der Waals surface area contributed by atoms with Crippen molar-refractivity contribution in [2.24, 2.45) is 0 Å². The minimum absolute atomic E-state index is 0.185. The lowest BCUT2D eigenvalue weighted by atomic mass is 9.81. The molecular formula is C24H24F2O2. The van der Waals surface area contributed by atoms with E-state index >= 15 is 0 Å². The average Bonchev–Trinajstić information content (AvgIpc) is 2.70. The van der Waals surface area contributed by atoms with Crippen LogP contribution in [0.15, 0.2) is 72.8 Å². The van der Waals surface area contributed by atoms with E-state index in [0.717, 1.165) is 17.5 Å². The molecule has 0 bridgehead atoms. The molecular weight excluding hydrogens is 358 g/mol. The van der Waals surface area contributed by atoms with Crippen LogP contribution in [0.4, 0.5) is 8.78 Å². The summed E-state index contributed by atoms with van der Waals surface area (Å²) < 4.78 is 38.0. The maximum atomic E-state index is 13.2. The van der Waals surface area contributed by atoms with Crippen LogP contribution in [0.25, 0.3) is 0 Å². The zero-order chi connectivity index (χ0) is 20.0. The third-order valence-electron chi connectivity index (χ3n) is 4.96. The van der Waals surface area contributed by atoms with E-state index in [9.17, 15) is 8.78 Å². The molecule has 0 amide bonds. The summed E-state index contributed by atoms with van der Waals surface area (Å²) in [6.07, 6.45) is 0.881. The molecule has 146 valence electrons. The Morgan fingerprint density at radius 3 is 2.11 bits per heavy atom. The van der Waals surface area contributed by atoms with E-state index in [1.807, 2.05) is 36.4 Å². The molecule has 4 heteroatoms. The summed E-state index contributed by atoms with van der Waals surface area (Å²) in [6, 6.07) is 20.1. The van der Waals surface area contributed by atoms with Gasteiger partial charge >= 0.3 is 0 Å². The molecule has 0 aliphatic carbocycles. The van der Waals surface area contributed by atoms with E-state index in [0.29, 0.717) is 24.7 Å². The molecule has 0 aliphatic rings. The number of ether oxygens (including phenoxy) is 2. The van der Waals surface area contributed by atoms with Gasteiger partial charge in [-0.05, 0) is 66.1 Å². The number of rotatable bonds is 8. The summed E-state index contributed by atoms with van der Waals surface area (Å²) in [7, 11) is 0. The summed E-state index contributed by atoms with van der Waals surface area (Å²) in [6.45, 7) is 5.19. The Labute approximate surface area is 164 Å². The minimum Gasteiger partial charge on any atom is -0.457 e. The Morgan fingerprint density at radius 1 is 0.821 bits per heavy atom. The minimum atomic E-state index is -0.297. The predicted octanol–water partition coefficient (Wildman–Crippen LogP) is 6.64. The van der Waals surface area contributed by atoms with Gasteiger partial charge in [0, 0.05) is 5.41 Å². The summed E-state index contributed by atoms with van der Waals surface area (Å²) in [5.41, 5.74) is 1.86. The van der Waals surface area contributed by atoms with Crippen molar-refractivity contribution < 1.29 is 18.3 Å². The second-order valence-electron chi connectivity index (χ2n) is 7.12. The van der Waals surface area contributed by atoms with Crippen LogP contribution in [0.3, 0.4) is 0 Å². The molecule has 0 spiro atoms. The molecule has 0 saturated heterocycles. The smallest absolute Gasteiger partial charge is 0.127 e. The first-order valence-electron chi connectivity index (χ1n) is 9.35. The number of halogens is 2. The maximum absolute atomic E-state index is 13.2. The molecule has 3 aromatic carbocycles. The van der Waals surface area contributed by atoms with E-state index in [1.165, 1.54) is 24.3 Å². The van der Waals surface area contributed by atoms with Crippen molar-refractivity contribution in [3.8, 4) is 11.5 Å². The van der Waals surface area contributed by atoms with Gasteiger partial charge in [0.15, 0.2) is 0 Å². The van der Waals surface area contributed by atoms with Crippen molar-refractivity contribution in [3.63, 3.8) is 0 Å². The highest BCUT2D eigenvalue weighted by atomic mass is 19.1. The van der Waals surface area contributed by atoms with E-state index in [1.54, 1.807) is 12.1 Å². The Balaban J connectivity index is 1.61. The van der Waals surface area contributed by atoms with Gasteiger partial charge in [-0.2, -0.15) is 0 Å². The molecule has 1 unspecified atom stereocenters. The van der Waals surface area contributed by atoms with Crippen molar-refractivity contribution in [3.05, 3.63) is 95.6 Å². The van der Waals surface area contributed by atoms with Crippen molar-refractivity contribution >= 4 is 0 Å². The fourth-order valence-corrected chi connectivity index (χ4v) is 2.97. The van der Waals surface area contributed by atoms with Gasteiger partial charge in [0.05, 0.1) is 13.2 Å².